The Kier molecular flexibility index (Phi) is 4.27. The summed E-state index contributed by atoms with van der Waals surface area (Å²) in [6, 6.07) is 7.25. The van der Waals surface area contributed by atoms with Crippen LogP contribution in [0, 0.1) is 5.92 Å². The van der Waals surface area contributed by atoms with Gasteiger partial charge >= 0.3 is 0 Å². The van der Waals surface area contributed by atoms with E-state index in [2.05, 4.69) is 35.5 Å². The third-order valence-corrected chi connectivity index (χ3v) is 4.89. The van der Waals surface area contributed by atoms with Crippen LogP contribution in [0.25, 0.3) is 0 Å². The molecule has 3 rings (SSSR count). The predicted molar refractivity (Wildman–Crippen MR) is 82.3 cm³/mol. The smallest absolute Gasteiger partial charge is 0.119 e. The molecule has 0 aromatic heterocycles. The van der Waals surface area contributed by atoms with Crippen LogP contribution in [0.5, 0.6) is 5.75 Å². The number of hydrogen-bond acceptors (Lipinski definition) is 3. The maximum Gasteiger partial charge on any atom is 0.119 e. The van der Waals surface area contributed by atoms with E-state index in [1.54, 1.807) is 7.11 Å². The van der Waals surface area contributed by atoms with E-state index in [1.165, 1.54) is 49.9 Å². The molecule has 1 fully saturated rings. The van der Waals surface area contributed by atoms with Gasteiger partial charge in [-0.05, 0) is 75.0 Å². The Morgan fingerprint density at radius 2 is 2.25 bits per heavy atom. The average molecular weight is 274 g/mol. The van der Waals surface area contributed by atoms with Crippen LogP contribution in [0.1, 0.15) is 36.4 Å². The van der Waals surface area contributed by atoms with Crippen molar-refractivity contribution in [2.24, 2.45) is 5.92 Å². The first-order valence-corrected chi connectivity index (χ1v) is 7.87. The normalized spacial score (nSPS) is 26.5. The van der Waals surface area contributed by atoms with E-state index in [0.29, 0.717) is 6.04 Å². The van der Waals surface area contributed by atoms with Crippen molar-refractivity contribution >= 4 is 0 Å². The first kappa shape index (κ1) is 13.9. The number of nitrogens with one attached hydrogen (secondary N) is 1. The number of methoxy groups -OCH3 is 1. The molecule has 0 spiro atoms. The summed E-state index contributed by atoms with van der Waals surface area (Å²) in [5.74, 6) is 1.82. The lowest BCUT2D eigenvalue weighted by molar-refractivity contribution is 0.213. The molecule has 20 heavy (non-hydrogen) atoms. The van der Waals surface area contributed by atoms with Gasteiger partial charge in [-0.15, -0.1) is 0 Å². The molecule has 1 aliphatic heterocycles. The topological polar surface area (TPSA) is 24.5 Å². The summed E-state index contributed by atoms with van der Waals surface area (Å²) in [5.41, 5.74) is 3.04. The fourth-order valence-corrected chi connectivity index (χ4v) is 3.86. The van der Waals surface area contributed by atoms with Gasteiger partial charge in [0.1, 0.15) is 5.75 Å². The molecular formula is C17H26N2O. The quantitative estimate of drug-likeness (QED) is 0.913. The maximum absolute atomic E-state index is 5.42. The number of ether oxygens (including phenoxy) is 1. The van der Waals surface area contributed by atoms with Crippen molar-refractivity contribution in [3.05, 3.63) is 29.3 Å². The van der Waals surface area contributed by atoms with E-state index in [-0.39, 0.29) is 0 Å². The summed E-state index contributed by atoms with van der Waals surface area (Å²) in [7, 11) is 3.82. The van der Waals surface area contributed by atoms with Gasteiger partial charge in [-0.3, -0.25) is 4.90 Å². The standard InChI is InChI=1S/C17H26N2O/c1-18-11-13-8-9-19(12-13)17-5-3-4-14-6-7-15(20-2)10-16(14)17/h6-7,10,13,17-18H,3-5,8-9,11-12H2,1-2H3. The second kappa shape index (κ2) is 6.15. The average Bonchev–Trinajstić information content (AvgIpc) is 2.95. The number of benzene rings is 1. The molecule has 1 heterocycles. The van der Waals surface area contributed by atoms with Crippen LogP contribution in [0.3, 0.4) is 0 Å². The minimum Gasteiger partial charge on any atom is -0.497 e. The van der Waals surface area contributed by atoms with Crippen molar-refractivity contribution in [3.63, 3.8) is 0 Å². The van der Waals surface area contributed by atoms with Crippen LogP contribution in [0.15, 0.2) is 18.2 Å². The molecule has 0 amide bonds. The zero-order valence-corrected chi connectivity index (χ0v) is 12.7. The summed E-state index contributed by atoms with van der Waals surface area (Å²) in [4.78, 5) is 2.69. The molecule has 1 saturated heterocycles. The molecule has 0 saturated carbocycles. The van der Waals surface area contributed by atoms with Gasteiger partial charge in [0.25, 0.3) is 0 Å². The molecule has 110 valence electrons. The molecule has 3 nitrogen and oxygen atoms in total. The van der Waals surface area contributed by atoms with Crippen LogP contribution >= 0.6 is 0 Å². The van der Waals surface area contributed by atoms with E-state index in [9.17, 15) is 0 Å². The highest BCUT2D eigenvalue weighted by atomic mass is 16.5. The third kappa shape index (κ3) is 2.70. The van der Waals surface area contributed by atoms with Gasteiger partial charge in [-0.1, -0.05) is 6.07 Å². The van der Waals surface area contributed by atoms with Crippen molar-refractivity contribution < 1.29 is 4.74 Å². The Morgan fingerprint density at radius 3 is 3.05 bits per heavy atom. The SMILES string of the molecule is CNCC1CCN(C2CCCc3ccc(OC)cc32)C1. The van der Waals surface area contributed by atoms with Gasteiger partial charge in [-0.2, -0.15) is 0 Å². The van der Waals surface area contributed by atoms with E-state index in [0.717, 1.165) is 18.2 Å². The molecule has 2 atom stereocenters. The number of rotatable bonds is 4. The second-order valence-corrected chi connectivity index (χ2v) is 6.18. The molecule has 0 bridgehead atoms. The van der Waals surface area contributed by atoms with Crippen LogP contribution in [-0.2, 0) is 6.42 Å². The second-order valence-electron chi connectivity index (χ2n) is 6.18. The van der Waals surface area contributed by atoms with E-state index in [4.69, 9.17) is 4.74 Å². The first-order chi connectivity index (χ1) is 9.81. The molecule has 1 aromatic rings. The monoisotopic (exact) mass is 274 g/mol. The molecule has 0 radical (unpaired) electrons. The van der Waals surface area contributed by atoms with Gasteiger partial charge < -0.3 is 10.1 Å². The van der Waals surface area contributed by atoms with Crippen molar-refractivity contribution in [1.29, 1.82) is 0 Å². The highest BCUT2D eigenvalue weighted by Crippen LogP contribution is 2.38. The number of fused-ring (bicyclic) bond motifs is 1. The summed E-state index contributed by atoms with van der Waals surface area (Å²) in [6.07, 6.45) is 5.17. The fraction of sp³-hybridized carbons (Fsp3) is 0.647. The molecule has 1 N–H and O–H groups in total. The Labute approximate surface area is 122 Å². The van der Waals surface area contributed by atoms with Crippen molar-refractivity contribution in [2.75, 3.05) is 33.8 Å². The van der Waals surface area contributed by atoms with Gasteiger partial charge in [-0.25, -0.2) is 0 Å². The molecule has 3 heteroatoms. The van der Waals surface area contributed by atoms with E-state index in [1.807, 2.05) is 0 Å². The van der Waals surface area contributed by atoms with Crippen molar-refractivity contribution in [1.82, 2.24) is 10.2 Å². The molecular weight excluding hydrogens is 248 g/mol. The van der Waals surface area contributed by atoms with E-state index < -0.39 is 0 Å². The number of likely N-dealkylation sites (tertiary alicyclic amines) is 1. The van der Waals surface area contributed by atoms with Crippen molar-refractivity contribution in [2.45, 2.75) is 31.7 Å². The number of nitrogens with zero attached hydrogens (tertiary/aromatic N) is 1. The van der Waals surface area contributed by atoms with E-state index >= 15 is 0 Å². The highest BCUT2D eigenvalue weighted by Gasteiger charge is 2.31. The molecule has 2 unspecified atom stereocenters. The minimum atomic E-state index is 0.607. The summed E-state index contributed by atoms with van der Waals surface area (Å²) < 4.78 is 5.42. The highest BCUT2D eigenvalue weighted by molar-refractivity contribution is 5.39. The van der Waals surface area contributed by atoms with Gasteiger partial charge in [0.2, 0.25) is 0 Å². The lowest BCUT2D eigenvalue weighted by Crippen LogP contribution is -2.30. The Bertz CT molecular complexity index is 460. The zero-order chi connectivity index (χ0) is 13.9. The Hall–Kier alpha value is -1.06. The van der Waals surface area contributed by atoms with Crippen LogP contribution in [0.2, 0.25) is 0 Å². The van der Waals surface area contributed by atoms with Crippen LogP contribution in [-0.4, -0.2) is 38.7 Å². The van der Waals surface area contributed by atoms with Crippen molar-refractivity contribution in [3.8, 4) is 5.75 Å². The number of hydrogen-bond donors (Lipinski definition) is 1. The van der Waals surface area contributed by atoms with Gasteiger partial charge in [0.15, 0.2) is 0 Å². The van der Waals surface area contributed by atoms with Crippen LogP contribution in [0.4, 0.5) is 0 Å². The summed E-state index contributed by atoms with van der Waals surface area (Å²) >= 11 is 0. The first-order valence-electron chi connectivity index (χ1n) is 7.87. The molecule has 2 aliphatic rings. The van der Waals surface area contributed by atoms with Crippen LogP contribution < -0.4 is 10.1 Å². The third-order valence-electron chi connectivity index (χ3n) is 4.89. The number of aryl methyl sites for hydroxylation is 1. The molecule has 1 aliphatic carbocycles. The maximum atomic E-state index is 5.42. The zero-order valence-electron chi connectivity index (χ0n) is 12.7. The van der Waals surface area contributed by atoms with Gasteiger partial charge in [0, 0.05) is 12.6 Å². The van der Waals surface area contributed by atoms with Gasteiger partial charge in [0.05, 0.1) is 7.11 Å². The molecule has 1 aromatic carbocycles. The Morgan fingerprint density at radius 1 is 1.35 bits per heavy atom. The summed E-state index contributed by atoms with van der Waals surface area (Å²) in [6.45, 7) is 3.63. The lowest BCUT2D eigenvalue weighted by atomic mass is 9.86. The predicted octanol–water partition coefficient (Wildman–Crippen LogP) is 2.61. The Balaban J connectivity index is 1.79. The fourth-order valence-electron chi connectivity index (χ4n) is 3.86. The summed E-state index contributed by atoms with van der Waals surface area (Å²) in [5, 5.41) is 3.32. The largest absolute Gasteiger partial charge is 0.497 e. The lowest BCUT2D eigenvalue weighted by Gasteiger charge is -2.33. The minimum absolute atomic E-state index is 0.607.